The van der Waals surface area contributed by atoms with Crippen molar-refractivity contribution in [2.75, 3.05) is 40.3 Å². The first kappa shape index (κ1) is 19.8. The molecule has 0 aliphatic rings. The quantitative estimate of drug-likeness (QED) is 0.235. The van der Waals surface area contributed by atoms with E-state index in [1.807, 2.05) is 14.1 Å². The number of hydrogen-bond acceptors (Lipinski definition) is 5. The lowest BCUT2D eigenvalue weighted by Gasteiger charge is -2.28. The van der Waals surface area contributed by atoms with Crippen LogP contribution < -0.4 is 22.3 Å². The number of quaternary nitrogens is 1. The molecule has 0 saturated carbocycles. The summed E-state index contributed by atoms with van der Waals surface area (Å²) in [6.07, 6.45) is 1.38. The number of ether oxygens (including phenoxy) is 1. The van der Waals surface area contributed by atoms with Crippen LogP contribution in [0.3, 0.4) is 0 Å². The van der Waals surface area contributed by atoms with Crippen molar-refractivity contribution < 1.29 is 31.0 Å². The van der Waals surface area contributed by atoms with Crippen molar-refractivity contribution in [1.82, 2.24) is 5.32 Å². The van der Waals surface area contributed by atoms with Crippen LogP contribution >= 0.6 is 0 Å². The highest BCUT2D eigenvalue weighted by Gasteiger charge is 2.20. The number of carbonyl (C=O) groups excluding carboxylic acids is 1. The smallest absolute Gasteiger partial charge is 0.361 e. The van der Waals surface area contributed by atoms with Crippen LogP contribution in [0.15, 0.2) is 11.8 Å². The fourth-order valence-corrected chi connectivity index (χ4v) is 1.27. The van der Waals surface area contributed by atoms with E-state index >= 15 is 0 Å². The van der Waals surface area contributed by atoms with Gasteiger partial charge < -0.3 is 31.5 Å². The number of halogens is 1. The maximum absolute atomic E-state index is 11.3. The minimum Gasteiger partial charge on any atom is -1.00 e. The molecule has 0 radical (unpaired) electrons. The third-order valence-corrected chi connectivity index (χ3v) is 2.21. The molecule has 0 fully saturated rings. The molecule has 0 unspecified atom stereocenters. The third kappa shape index (κ3) is 10.1. The number of allylic oxidation sites excluding steroid dienone is 1. The first-order valence-electron chi connectivity index (χ1n) is 5.66. The van der Waals surface area contributed by atoms with Crippen LogP contribution in [0, 0.1) is 22.7 Å². The second kappa shape index (κ2) is 10.4. The first-order chi connectivity index (χ1) is 8.45. The number of esters is 1. The van der Waals surface area contributed by atoms with Gasteiger partial charge in [0.15, 0.2) is 6.54 Å². The van der Waals surface area contributed by atoms with E-state index in [0.29, 0.717) is 30.7 Å². The molecule has 0 saturated heterocycles. The molecule has 19 heavy (non-hydrogen) atoms. The van der Waals surface area contributed by atoms with Gasteiger partial charge in [-0.15, -0.1) is 0 Å². The molecule has 0 aromatic heterocycles. The Bertz CT molecular complexity index is 378. The molecule has 106 valence electrons. The Labute approximate surface area is 124 Å². The molecule has 0 heterocycles. The van der Waals surface area contributed by atoms with Crippen molar-refractivity contribution in [1.29, 1.82) is 10.5 Å². The summed E-state index contributed by atoms with van der Waals surface area (Å²) in [6.45, 7) is 3.70. The van der Waals surface area contributed by atoms with Crippen molar-refractivity contribution in [2.45, 2.75) is 6.92 Å². The summed E-state index contributed by atoms with van der Waals surface area (Å²) >= 11 is 0. The lowest BCUT2D eigenvalue weighted by Crippen LogP contribution is -3.00. The molecule has 7 heteroatoms. The Balaban J connectivity index is 0. The molecule has 0 amide bonds. The van der Waals surface area contributed by atoms with Crippen LogP contribution in [-0.2, 0) is 9.53 Å². The van der Waals surface area contributed by atoms with Gasteiger partial charge in [-0.1, -0.05) is 0 Å². The van der Waals surface area contributed by atoms with Crippen LogP contribution in [0.2, 0.25) is 0 Å². The highest BCUT2D eigenvalue weighted by Crippen LogP contribution is 1.97. The SMILES string of the molecule is CCOC(=O)C[N+](C)(C)CCNC=C(C#N)C#N.[Br-]. The molecule has 0 spiro atoms. The van der Waals surface area contributed by atoms with Gasteiger partial charge in [0.25, 0.3) is 0 Å². The zero-order chi connectivity index (χ0) is 14.0. The minimum absolute atomic E-state index is 0. The number of nitriles is 2. The number of likely N-dealkylation sites (N-methyl/N-ethyl adjacent to an activating group) is 1. The van der Waals surface area contributed by atoms with E-state index in [1.165, 1.54) is 6.20 Å². The van der Waals surface area contributed by atoms with Gasteiger partial charge in [0, 0.05) is 6.20 Å². The fourth-order valence-electron chi connectivity index (χ4n) is 1.27. The highest BCUT2D eigenvalue weighted by molar-refractivity contribution is 5.70. The Morgan fingerprint density at radius 3 is 2.42 bits per heavy atom. The molecule has 0 rings (SSSR count). The second-order valence-corrected chi connectivity index (χ2v) is 4.36. The Kier molecular flexibility index (Phi) is 10.8. The summed E-state index contributed by atoms with van der Waals surface area (Å²) in [5.41, 5.74) is 0.0331. The van der Waals surface area contributed by atoms with E-state index in [0.717, 1.165) is 0 Å². The van der Waals surface area contributed by atoms with Crippen molar-refractivity contribution in [2.24, 2.45) is 0 Å². The average Bonchev–Trinajstić information content (AvgIpc) is 2.28. The van der Waals surface area contributed by atoms with Crippen LogP contribution in [0.25, 0.3) is 0 Å². The number of rotatable bonds is 7. The molecule has 0 atom stereocenters. The molecular formula is C12H19BrN4O2. The van der Waals surface area contributed by atoms with Crippen molar-refractivity contribution in [3.63, 3.8) is 0 Å². The topological polar surface area (TPSA) is 85.9 Å². The summed E-state index contributed by atoms with van der Waals surface area (Å²) in [5, 5.41) is 19.9. The third-order valence-electron chi connectivity index (χ3n) is 2.21. The van der Waals surface area contributed by atoms with Crippen molar-refractivity contribution in [3.8, 4) is 12.1 Å². The Morgan fingerprint density at radius 1 is 1.37 bits per heavy atom. The number of hydrogen-bond donors (Lipinski definition) is 1. The normalized spacial score (nSPS) is 9.32. The molecule has 1 N–H and O–H groups in total. The van der Waals surface area contributed by atoms with E-state index in [9.17, 15) is 4.79 Å². The molecule has 0 aliphatic carbocycles. The standard InChI is InChI=1S/C12H19N4O2.BrH/c1-4-18-12(17)10-16(2,3)6-5-15-9-11(7-13)8-14;/h9,15H,4-6,10H2,1-3H3;1H/q+1;/p-1. The largest absolute Gasteiger partial charge is 1.00 e. The zero-order valence-corrected chi connectivity index (χ0v) is 13.0. The van der Waals surface area contributed by atoms with E-state index < -0.39 is 0 Å². The van der Waals surface area contributed by atoms with Crippen LogP contribution in [0.4, 0.5) is 0 Å². The van der Waals surface area contributed by atoms with Gasteiger partial charge in [0.05, 0.1) is 33.8 Å². The number of carbonyl (C=O) groups is 1. The highest BCUT2D eigenvalue weighted by atomic mass is 79.9. The van der Waals surface area contributed by atoms with Crippen LogP contribution in [0.1, 0.15) is 6.92 Å². The predicted molar refractivity (Wildman–Crippen MR) is 65.8 cm³/mol. The summed E-state index contributed by atoms with van der Waals surface area (Å²) in [4.78, 5) is 11.3. The average molecular weight is 331 g/mol. The summed E-state index contributed by atoms with van der Waals surface area (Å²) < 4.78 is 5.36. The van der Waals surface area contributed by atoms with Gasteiger partial charge in [0.1, 0.15) is 17.7 Å². The molecule has 0 aromatic rings. The zero-order valence-electron chi connectivity index (χ0n) is 11.4. The lowest BCUT2D eigenvalue weighted by atomic mass is 10.3. The number of nitrogens with one attached hydrogen (secondary N) is 1. The van der Waals surface area contributed by atoms with Crippen molar-refractivity contribution >= 4 is 5.97 Å². The lowest BCUT2D eigenvalue weighted by molar-refractivity contribution is -0.881. The maximum Gasteiger partial charge on any atom is 0.361 e. The van der Waals surface area contributed by atoms with E-state index in [-0.39, 0.29) is 28.5 Å². The Hall–Kier alpha value is -1.57. The van der Waals surface area contributed by atoms with Gasteiger partial charge >= 0.3 is 5.97 Å². The molecule has 0 aliphatic heterocycles. The molecule has 6 nitrogen and oxygen atoms in total. The second-order valence-electron chi connectivity index (χ2n) is 4.36. The van der Waals surface area contributed by atoms with Gasteiger partial charge in [-0.25, -0.2) is 4.79 Å². The summed E-state index contributed by atoms with van der Waals surface area (Å²) in [5.74, 6) is -0.229. The van der Waals surface area contributed by atoms with Gasteiger partial charge in [0.2, 0.25) is 0 Å². The molecule has 0 aromatic carbocycles. The number of nitrogens with zero attached hydrogens (tertiary/aromatic N) is 3. The summed E-state index contributed by atoms with van der Waals surface area (Å²) in [7, 11) is 3.83. The van der Waals surface area contributed by atoms with Gasteiger partial charge in [-0.05, 0) is 6.92 Å². The van der Waals surface area contributed by atoms with Crippen molar-refractivity contribution in [3.05, 3.63) is 11.8 Å². The van der Waals surface area contributed by atoms with E-state index in [4.69, 9.17) is 15.3 Å². The van der Waals surface area contributed by atoms with Gasteiger partial charge in [-0.3, -0.25) is 0 Å². The van der Waals surface area contributed by atoms with Gasteiger partial charge in [-0.2, -0.15) is 10.5 Å². The van der Waals surface area contributed by atoms with E-state index in [1.54, 1.807) is 19.1 Å². The first-order valence-corrected chi connectivity index (χ1v) is 5.66. The minimum atomic E-state index is -0.229. The Morgan fingerprint density at radius 2 is 1.95 bits per heavy atom. The molecular weight excluding hydrogens is 312 g/mol. The predicted octanol–water partition coefficient (Wildman–Crippen LogP) is -2.85. The summed E-state index contributed by atoms with van der Waals surface area (Å²) in [6, 6.07) is 3.51. The monoisotopic (exact) mass is 330 g/mol. The van der Waals surface area contributed by atoms with E-state index in [2.05, 4.69) is 5.32 Å². The fraction of sp³-hybridized carbons (Fsp3) is 0.583. The van der Waals surface area contributed by atoms with Crippen LogP contribution in [-0.4, -0.2) is 50.8 Å². The maximum atomic E-state index is 11.3. The van der Waals surface area contributed by atoms with Crippen LogP contribution in [0.5, 0.6) is 0 Å². The molecule has 0 bridgehead atoms.